The normalized spacial score (nSPS) is 10.0. The molecule has 0 aliphatic carbocycles. The van der Waals surface area contributed by atoms with Crippen LogP contribution in [0.5, 0.6) is 11.6 Å². The average molecular weight is 223 g/mol. The summed E-state index contributed by atoms with van der Waals surface area (Å²) < 4.78 is 18.1. The molecule has 0 unspecified atom stereocenters. The Morgan fingerprint density at radius 1 is 1.33 bits per heavy atom. The second-order valence-electron chi connectivity index (χ2n) is 2.77. The van der Waals surface area contributed by atoms with Gasteiger partial charge in [-0.2, -0.15) is 0 Å². The van der Waals surface area contributed by atoms with Gasteiger partial charge in [-0.3, -0.25) is 0 Å². The zero-order chi connectivity index (χ0) is 10.7. The molecular weight excluding hydrogens is 217 g/mol. The van der Waals surface area contributed by atoms with Gasteiger partial charge in [0.05, 0.1) is 5.02 Å². The van der Waals surface area contributed by atoms with E-state index in [9.17, 15) is 4.39 Å². The molecule has 0 bridgehead atoms. The smallest absolute Gasteiger partial charge is 0.219 e. The molecule has 1 aromatic heterocycles. The van der Waals surface area contributed by atoms with E-state index in [1.54, 1.807) is 12.1 Å². The van der Waals surface area contributed by atoms with Crippen molar-refractivity contribution >= 4 is 11.6 Å². The minimum atomic E-state index is -0.401. The van der Waals surface area contributed by atoms with Crippen molar-refractivity contribution in [1.82, 2.24) is 4.98 Å². The lowest BCUT2D eigenvalue weighted by Gasteiger charge is -2.05. The second kappa shape index (κ2) is 4.28. The molecule has 0 spiro atoms. The highest BCUT2D eigenvalue weighted by Gasteiger charge is 2.04. The molecule has 2 aromatic rings. The molecule has 0 atom stereocenters. The molecule has 2 nitrogen and oxygen atoms in total. The predicted octanol–water partition coefficient (Wildman–Crippen LogP) is 3.47. The van der Waals surface area contributed by atoms with E-state index in [1.165, 1.54) is 24.4 Å². The van der Waals surface area contributed by atoms with Crippen LogP contribution in [0.15, 0.2) is 36.5 Å². The first kappa shape index (κ1) is 9.93. The number of hydrogen-bond donors (Lipinski definition) is 0. The fourth-order valence-electron chi connectivity index (χ4n) is 1.04. The van der Waals surface area contributed by atoms with Crippen LogP contribution in [0.2, 0.25) is 5.02 Å². The van der Waals surface area contributed by atoms with Gasteiger partial charge in [0.2, 0.25) is 5.88 Å². The van der Waals surface area contributed by atoms with E-state index >= 15 is 0 Å². The molecule has 0 N–H and O–H groups in total. The molecule has 0 aliphatic heterocycles. The maximum Gasteiger partial charge on any atom is 0.219 e. The quantitative estimate of drug-likeness (QED) is 0.776. The van der Waals surface area contributed by atoms with Crippen LogP contribution < -0.4 is 4.74 Å². The third-order valence-electron chi connectivity index (χ3n) is 1.70. The van der Waals surface area contributed by atoms with Crippen molar-refractivity contribution in [3.63, 3.8) is 0 Å². The summed E-state index contributed by atoms with van der Waals surface area (Å²) >= 11 is 5.78. The van der Waals surface area contributed by atoms with E-state index in [4.69, 9.17) is 16.3 Å². The molecule has 0 fully saturated rings. The zero-order valence-corrected chi connectivity index (χ0v) is 8.33. The number of aromatic nitrogens is 1. The van der Waals surface area contributed by atoms with Crippen LogP contribution in [0.3, 0.4) is 0 Å². The maximum absolute atomic E-state index is 12.7. The number of hydrogen-bond acceptors (Lipinski definition) is 2. The van der Waals surface area contributed by atoms with Gasteiger partial charge in [-0.1, -0.05) is 11.6 Å². The highest BCUT2D eigenvalue weighted by molar-refractivity contribution is 6.32. The second-order valence-corrected chi connectivity index (χ2v) is 3.18. The zero-order valence-electron chi connectivity index (χ0n) is 7.58. The molecular formula is C11H6ClFNO. The molecule has 1 radical (unpaired) electrons. The minimum Gasteiger partial charge on any atom is -0.437 e. The largest absolute Gasteiger partial charge is 0.437 e. The van der Waals surface area contributed by atoms with Gasteiger partial charge < -0.3 is 4.74 Å². The van der Waals surface area contributed by atoms with E-state index in [0.29, 0.717) is 11.6 Å². The van der Waals surface area contributed by atoms with Crippen molar-refractivity contribution in [2.45, 2.75) is 0 Å². The Morgan fingerprint density at radius 2 is 2.20 bits per heavy atom. The molecule has 0 saturated carbocycles. The summed E-state index contributed by atoms with van der Waals surface area (Å²) in [5.74, 6) is 0.362. The van der Waals surface area contributed by atoms with Gasteiger partial charge in [0, 0.05) is 18.3 Å². The van der Waals surface area contributed by atoms with Crippen molar-refractivity contribution in [2.75, 3.05) is 0 Å². The highest BCUT2D eigenvalue weighted by Crippen LogP contribution is 2.28. The lowest BCUT2D eigenvalue weighted by Crippen LogP contribution is -1.88. The summed E-state index contributed by atoms with van der Waals surface area (Å²) in [7, 11) is 0. The Bertz CT molecular complexity index is 461. The first-order valence-corrected chi connectivity index (χ1v) is 4.58. The minimum absolute atomic E-state index is 0.213. The molecule has 1 aromatic carbocycles. The van der Waals surface area contributed by atoms with E-state index in [-0.39, 0.29) is 5.02 Å². The monoisotopic (exact) mass is 222 g/mol. The van der Waals surface area contributed by atoms with Crippen molar-refractivity contribution < 1.29 is 9.13 Å². The van der Waals surface area contributed by atoms with Crippen LogP contribution in [0.1, 0.15) is 0 Å². The molecule has 1 heterocycles. The SMILES string of the molecule is Fc1ccc(Oc2cc[c]cn2)c(Cl)c1. The molecule has 0 amide bonds. The first-order chi connectivity index (χ1) is 7.25. The Balaban J connectivity index is 2.25. The molecule has 2 rings (SSSR count). The van der Waals surface area contributed by atoms with Crippen molar-refractivity contribution in [2.24, 2.45) is 0 Å². The van der Waals surface area contributed by atoms with Crippen LogP contribution in [0.25, 0.3) is 0 Å². The Hall–Kier alpha value is -1.61. The molecule has 0 aliphatic rings. The van der Waals surface area contributed by atoms with Crippen molar-refractivity contribution in [1.29, 1.82) is 0 Å². The van der Waals surface area contributed by atoms with Gasteiger partial charge in [0.25, 0.3) is 0 Å². The predicted molar refractivity (Wildman–Crippen MR) is 54.6 cm³/mol. The Morgan fingerprint density at radius 3 is 2.87 bits per heavy atom. The lowest BCUT2D eigenvalue weighted by molar-refractivity contribution is 0.461. The van der Waals surface area contributed by atoms with Gasteiger partial charge in [-0.05, 0) is 24.3 Å². The summed E-state index contributed by atoms with van der Waals surface area (Å²) in [6.07, 6.45) is 1.48. The van der Waals surface area contributed by atoms with Gasteiger partial charge in [-0.25, -0.2) is 9.37 Å². The molecule has 4 heteroatoms. The van der Waals surface area contributed by atoms with Crippen molar-refractivity contribution in [3.8, 4) is 11.6 Å². The number of ether oxygens (including phenoxy) is 1. The Kier molecular flexibility index (Phi) is 2.83. The topological polar surface area (TPSA) is 22.1 Å². The number of pyridine rings is 1. The number of benzene rings is 1. The van der Waals surface area contributed by atoms with Crippen LogP contribution in [-0.4, -0.2) is 4.98 Å². The number of halogens is 2. The summed E-state index contributed by atoms with van der Waals surface area (Å²) in [5, 5.41) is 0.213. The van der Waals surface area contributed by atoms with Crippen LogP contribution >= 0.6 is 11.6 Å². The highest BCUT2D eigenvalue weighted by atomic mass is 35.5. The van der Waals surface area contributed by atoms with E-state index in [1.807, 2.05) is 0 Å². The third kappa shape index (κ3) is 2.44. The summed E-state index contributed by atoms with van der Waals surface area (Å²) in [6.45, 7) is 0. The summed E-state index contributed by atoms with van der Waals surface area (Å²) in [5.41, 5.74) is 0. The van der Waals surface area contributed by atoms with E-state index in [0.717, 1.165) is 0 Å². The van der Waals surface area contributed by atoms with E-state index in [2.05, 4.69) is 11.1 Å². The lowest BCUT2D eigenvalue weighted by atomic mass is 10.3. The first-order valence-electron chi connectivity index (χ1n) is 4.21. The third-order valence-corrected chi connectivity index (χ3v) is 1.99. The molecule has 75 valence electrons. The van der Waals surface area contributed by atoms with Gasteiger partial charge in [0.15, 0.2) is 0 Å². The van der Waals surface area contributed by atoms with Gasteiger partial charge in [-0.15, -0.1) is 0 Å². The van der Waals surface area contributed by atoms with E-state index < -0.39 is 5.82 Å². The average Bonchev–Trinajstić information content (AvgIpc) is 2.24. The summed E-state index contributed by atoms with van der Waals surface area (Å²) in [4.78, 5) is 3.91. The van der Waals surface area contributed by atoms with Crippen LogP contribution in [-0.2, 0) is 0 Å². The fraction of sp³-hybridized carbons (Fsp3) is 0. The fourth-order valence-corrected chi connectivity index (χ4v) is 1.24. The van der Waals surface area contributed by atoms with Crippen LogP contribution in [0.4, 0.5) is 4.39 Å². The molecule has 15 heavy (non-hydrogen) atoms. The number of rotatable bonds is 2. The van der Waals surface area contributed by atoms with Gasteiger partial charge >= 0.3 is 0 Å². The van der Waals surface area contributed by atoms with Crippen LogP contribution in [0, 0.1) is 11.9 Å². The molecule has 0 saturated heterocycles. The standard InChI is InChI=1S/C11H6ClFNO/c12-9-7-8(13)4-5-10(9)15-11-3-1-2-6-14-11/h1,3-7H. The Labute approximate surface area is 91.3 Å². The number of nitrogens with zero attached hydrogens (tertiary/aromatic N) is 1. The van der Waals surface area contributed by atoms with Crippen molar-refractivity contribution in [3.05, 3.63) is 53.4 Å². The van der Waals surface area contributed by atoms with Gasteiger partial charge in [0.1, 0.15) is 11.6 Å². The maximum atomic E-state index is 12.7. The summed E-state index contributed by atoms with van der Waals surface area (Å²) in [6, 6.07) is 9.98.